The van der Waals surface area contributed by atoms with Crippen LogP contribution in [0.15, 0.2) is 29.3 Å². The molecule has 5 heteroatoms. The minimum absolute atomic E-state index is 0.0746. The molecule has 2 N–H and O–H groups in total. The van der Waals surface area contributed by atoms with E-state index in [0.717, 1.165) is 38.5 Å². The molecule has 1 saturated carbocycles. The number of nitrogens with zero attached hydrogens (tertiary/aromatic N) is 1. The van der Waals surface area contributed by atoms with Gasteiger partial charge in [0.2, 0.25) is 0 Å². The molecule has 0 amide bonds. The van der Waals surface area contributed by atoms with Gasteiger partial charge in [0.05, 0.1) is 6.61 Å². The Morgan fingerprint density at radius 1 is 1.22 bits per heavy atom. The summed E-state index contributed by atoms with van der Waals surface area (Å²) in [7, 11) is 1.77. The summed E-state index contributed by atoms with van der Waals surface area (Å²) in [5, 5.41) is 6.69. The number of halogens is 1. The quantitative estimate of drug-likeness (QED) is 0.461. The number of nitrogens with one attached hydrogen (secondary N) is 2. The van der Waals surface area contributed by atoms with Crippen LogP contribution in [0.2, 0.25) is 0 Å². The lowest BCUT2D eigenvalue weighted by Crippen LogP contribution is -2.45. The number of hydrogen-bond donors (Lipinski definition) is 2. The van der Waals surface area contributed by atoms with Crippen LogP contribution in [0.3, 0.4) is 0 Å². The molecule has 0 heterocycles. The highest BCUT2D eigenvalue weighted by atomic mass is 19.1. The van der Waals surface area contributed by atoms with Crippen molar-refractivity contribution in [1.82, 2.24) is 10.6 Å². The van der Waals surface area contributed by atoms with E-state index in [9.17, 15) is 4.39 Å². The third-order valence-electron chi connectivity index (χ3n) is 4.58. The van der Waals surface area contributed by atoms with Gasteiger partial charge in [-0.3, -0.25) is 4.99 Å². The predicted octanol–water partition coefficient (Wildman–Crippen LogP) is 2.84. The van der Waals surface area contributed by atoms with Gasteiger partial charge in [-0.25, -0.2) is 4.39 Å². The average Bonchev–Trinajstić information content (AvgIpc) is 3.05. The Balaban J connectivity index is 1.95. The van der Waals surface area contributed by atoms with E-state index in [4.69, 9.17) is 4.74 Å². The van der Waals surface area contributed by atoms with Crippen LogP contribution in [-0.4, -0.2) is 39.3 Å². The van der Waals surface area contributed by atoms with Gasteiger partial charge in [0.1, 0.15) is 5.82 Å². The van der Waals surface area contributed by atoms with Gasteiger partial charge in [0, 0.05) is 32.2 Å². The van der Waals surface area contributed by atoms with Crippen LogP contribution in [0.4, 0.5) is 4.39 Å². The second-order valence-corrected chi connectivity index (χ2v) is 6.04. The molecule has 0 atom stereocenters. The zero-order valence-corrected chi connectivity index (χ0v) is 14.2. The molecule has 0 bridgehead atoms. The van der Waals surface area contributed by atoms with Crippen LogP contribution in [-0.2, 0) is 10.2 Å². The van der Waals surface area contributed by atoms with Crippen molar-refractivity contribution < 1.29 is 9.13 Å². The highest BCUT2D eigenvalue weighted by Crippen LogP contribution is 2.40. The third-order valence-corrected chi connectivity index (χ3v) is 4.58. The first kappa shape index (κ1) is 17.7. The molecule has 1 aromatic rings. The summed E-state index contributed by atoms with van der Waals surface area (Å²) < 4.78 is 18.5. The van der Waals surface area contributed by atoms with Gasteiger partial charge in [-0.1, -0.05) is 25.0 Å². The first-order valence-corrected chi connectivity index (χ1v) is 8.48. The molecular weight excluding hydrogens is 293 g/mol. The number of ether oxygens (including phenoxy) is 1. The minimum Gasteiger partial charge on any atom is -0.380 e. The summed E-state index contributed by atoms with van der Waals surface area (Å²) in [5.74, 6) is 0.612. The van der Waals surface area contributed by atoms with E-state index in [1.54, 1.807) is 19.2 Å². The predicted molar refractivity (Wildman–Crippen MR) is 92.4 cm³/mol. The highest BCUT2D eigenvalue weighted by Gasteiger charge is 2.35. The van der Waals surface area contributed by atoms with Crippen LogP contribution >= 0.6 is 0 Å². The Hall–Kier alpha value is -1.62. The van der Waals surface area contributed by atoms with E-state index < -0.39 is 0 Å². The summed E-state index contributed by atoms with van der Waals surface area (Å²) in [6.07, 6.45) is 4.69. The monoisotopic (exact) mass is 321 g/mol. The van der Waals surface area contributed by atoms with Gasteiger partial charge >= 0.3 is 0 Å². The molecule has 0 radical (unpaired) electrons. The molecule has 1 aromatic carbocycles. The Morgan fingerprint density at radius 3 is 2.52 bits per heavy atom. The summed E-state index contributed by atoms with van der Waals surface area (Å²) in [5.41, 5.74) is 1.29. The summed E-state index contributed by atoms with van der Waals surface area (Å²) in [6, 6.07) is 6.97. The first-order chi connectivity index (χ1) is 11.2. The van der Waals surface area contributed by atoms with Crippen molar-refractivity contribution in [3.8, 4) is 0 Å². The molecule has 0 spiro atoms. The molecule has 2 rings (SSSR count). The number of benzene rings is 1. The maximum atomic E-state index is 13.2. The zero-order chi connectivity index (χ0) is 16.5. The molecule has 1 aliphatic rings. The normalized spacial score (nSPS) is 17.3. The molecule has 0 aromatic heterocycles. The van der Waals surface area contributed by atoms with E-state index in [-0.39, 0.29) is 11.2 Å². The molecule has 128 valence electrons. The lowest BCUT2D eigenvalue weighted by atomic mass is 9.79. The summed E-state index contributed by atoms with van der Waals surface area (Å²) in [4.78, 5) is 4.26. The average molecular weight is 321 g/mol. The summed E-state index contributed by atoms with van der Waals surface area (Å²) in [6.45, 7) is 4.92. The molecule has 0 unspecified atom stereocenters. The molecule has 0 aliphatic heterocycles. The SMILES string of the molecule is CCOCCNC(=NC)NCC1(c2ccc(F)cc2)CCCC1. The molecule has 4 nitrogen and oxygen atoms in total. The van der Waals surface area contributed by atoms with Crippen LogP contribution in [0.1, 0.15) is 38.2 Å². The number of hydrogen-bond acceptors (Lipinski definition) is 2. The van der Waals surface area contributed by atoms with Gasteiger partial charge in [-0.15, -0.1) is 0 Å². The smallest absolute Gasteiger partial charge is 0.191 e. The van der Waals surface area contributed by atoms with Crippen molar-refractivity contribution in [3.63, 3.8) is 0 Å². The van der Waals surface area contributed by atoms with Crippen molar-refractivity contribution in [3.05, 3.63) is 35.6 Å². The fourth-order valence-electron chi connectivity index (χ4n) is 3.28. The number of guanidine groups is 1. The van der Waals surface area contributed by atoms with E-state index in [2.05, 4.69) is 15.6 Å². The molecular formula is C18H28FN3O. The van der Waals surface area contributed by atoms with Crippen molar-refractivity contribution in [1.29, 1.82) is 0 Å². The van der Waals surface area contributed by atoms with Crippen LogP contribution in [0.25, 0.3) is 0 Å². The Bertz CT molecular complexity index is 495. The summed E-state index contributed by atoms with van der Waals surface area (Å²) >= 11 is 0. The third kappa shape index (κ3) is 4.93. The second-order valence-electron chi connectivity index (χ2n) is 6.04. The minimum atomic E-state index is -0.178. The Kier molecular flexibility index (Phi) is 6.84. The van der Waals surface area contributed by atoms with Gasteiger partial charge in [0.15, 0.2) is 5.96 Å². The second kappa shape index (κ2) is 8.87. The molecule has 0 saturated heterocycles. The van der Waals surface area contributed by atoms with Gasteiger partial charge in [-0.05, 0) is 37.5 Å². The standard InChI is InChI=1S/C18H28FN3O/c1-3-23-13-12-21-17(20-2)22-14-18(10-4-5-11-18)15-6-8-16(19)9-7-15/h6-9H,3-5,10-14H2,1-2H3,(H2,20,21,22). The Morgan fingerprint density at radius 2 is 1.91 bits per heavy atom. The van der Waals surface area contributed by atoms with Crippen molar-refractivity contribution in [2.75, 3.05) is 33.4 Å². The van der Waals surface area contributed by atoms with E-state index in [0.29, 0.717) is 6.61 Å². The molecule has 23 heavy (non-hydrogen) atoms. The highest BCUT2D eigenvalue weighted by molar-refractivity contribution is 5.79. The maximum Gasteiger partial charge on any atom is 0.191 e. The lowest BCUT2D eigenvalue weighted by Gasteiger charge is -2.30. The zero-order valence-electron chi connectivity index (χ0n) is 14.2. The first-order valence-electron chi connectivity index (χ1n) is 8.48. The van der Waals surface area contributed by atoms with Crippen LogP contribution in [0.5, 0.6) is 0 Å². The van der Waals surface area contributed by atoms with E-state index in [1.165, 1.54) is 18.4 Å². The maximum absolute atomic E-state index is 13.2. The Labute approximate surface area is 138 Å². The van der Waals surface area contributed by atoms with Crippen molar-refractivity contribution in [2.45, 2.75) is 38.0 Å². The number of rotatable bonds is 7. The van der Waals surface area contributed by atoms with Gasteiger partial charge in [0.25, 0.3) is 0 Å². The van der Waals surface area contributed by atoms with Gasteiger partial charge in [-0.2, -0.15) is 0 Å². The van der Waals surface area contributed by atoms with Crippen LogP contribution in [0, 0.1) is 5.82 Å². The van der Waals surface area contributed by atoms with E-state index in [1.807, 2.05) is 19.1 Å². The van der Waals surface area contributed by atoms with Crippen LogP contribution < -0.4 is 10.6 Å². The van der Waals surface area contributed by atoms with Crippen molar-refractivity contribution in [2.24, 2.45) is 4.99 Å². The topological polar surface area (TPSA) is 45.6 Å². The molecule has 1 aliphatic carbocycles. The largest absolute Gasteiger partial charge is 0.380 e. The van der Waals surface area contributed by atoms with E-state index >= 15 is 0 Å². The molecule has 1 fully saturated rings. The van der Waals surface area contributed by atoms with Gasteiger partial charge < -0.3 is 15.4 Å². The van der Waals surface area contributed by atoms with Crippen molar-refractivity contribution >= 4 is 5.96 Å². The fourth-order valence-corrected chi connectivity index (χ4v) is 3.28. The lowest BCUT2D eigenvalue weighted by molar-refractivity contribution is 0.152. The fraction of sp³-hybridized carbons (Fsp3) is 0.611. The number of aliphatic imine (C=N–C) groups is 1.